The molecule has 1 aliphatic carbocycles. The second-order valence-electron chi connectivity index (χ2n) is 3.95. The van der Waals surface area contributed by atoms with Gasteiger partial charge in [-0.25, -0.2) is 0 Å². The normalized spacial score (nSPS) is 26.4. The first-order valence-corrected chi connectivity index (χ1v) is 5.25. The van der Waals surface area contributed by atoms with Gasteiger partial charge in [0.1, 0.15) is 0 Å². The lowest BCUT2D eigenvalue weighted by Gasteiger charge is -2.23. The van der Waals surface area contributed by atoms with Crippen LogP contribution >= 0.6 is 0 Å². The Balaban J connectivity index is 2.01. The number of benzene rings is 1. The van der Waals surface area contributed by atoms with E-state index >= 15 is 0 Å². The van der Waals surface area contributed by atoms with Crippen molar-refractivity contribution in [3.05, 3.63) is 48.0 Å². The van der Waals surface area contributed by atoms with Gasteiger partial charge < -0.3 is 5.11 Å². The highest BCUT2D eigenvalue weighted by Crippen LogP contribution is 2.22. The zero-order valence-corrected chi connectivity index (χ0v) is 8.26. The number of allylic oxidation sites excluding steroid dienone is 1. The van der Waals surface area contributed by atoms with Crippen LogP contribution < -0.4 is 0 Å². The Labute approximate surface area is 85.1 Å². The molecule has 0 aromatic heterocycles. The van der Waals surface area contributed by atoms with Crippen molar-refractivity contribution < 1.29 is 5.11 Å². The average Bonchev–Trinajstić information content (AvgIpc) is 2.23. The van der Waals surface area contributed by atoms with Crippen molar-refractivity contribution in [2.45, 2.75) is 25.4 Å². The highest BCUT2D eigenvalue weighted by Gasteiger charge is 2.19. The number of hydrogen-bond donors (Lipinski definition) is 1. The topological polar surface area (TPSA) is 20.2 Å². The maximum absolute atomic E-state index is 9.74. The van der Waals surface area contributed by atoms with Crippen LogP contribution in [0.3, 0.4) is 0 Å². The minimum atomic E-state index is -0.246. The van der Waals surface area contributed by atoms with Gasteiger partial charge in [-0.2, -0.15) is 0 Å². The molecule has 0 heterocycles. The van der Waals surface area contributed by atoms with E-state index in [1.54, 1.807) is 0 Å². The lowest BCUT2D eigenvalue weighted by atomic mass is 9.86. The number of aliphatic hydroxyl groups excluding tert-OH is 1. The monoisotopic (exact) mass is 188 g/mol. The standard InChI is InChI=1S/C13H16O/c14-13-9-5-4-8-12(13)10-11-6-2-1-3-7-11/h1-3,5-7,9,12-14H,4,8,10H2. The van der Waals surface area contributed by atoms with E-state index in [1.807, 2.05) is 12.1 Å². The molecule has 1 heteroatoms. The van der Waals surface area contributed by atoms with Gasteiger partial charge in [0.05, 0.1) is 6.10 Å². The van der Waals surface area contributed by atoms with Crippen LogP contribution in [0, 0.1) is 5.92 Å². The van der Waals surface area contributed by atoms with E-state index in [9.17, 15) is 5.11 Å². The van der Waals surface area contributed by atoms with Gasteiger partial charge in [-0.05, 0) is 30.7 Å². The van der Waals surface area contributed by atoms with Gasteiger partial charge in [-0.3, -0.25) is 0 Å². The van der Waals surface area contributed by atoms with Crippen molar-refractivity contribution in [3.63, 3.8) is 0 Å². The fourth-order valence-electron chi connectivity index (χ4n) is 2.01. The molecule has 2 rings (SSSR count). The van der Waals surface area contributed by atoms with E-state index in [2.05, 4.69) is 30.3 Å². The van der Waals surface area contributed by atoms with Crippen LogP contribution in [0.1, 0.15) is 18.4 Å². The molecular formula is C13H16O. The van der Waals surface area contributed by atoms with Gasteiger partial charge in [-0.1, -0.05) is 42.5 Å². The second kappa shape index (κ2) is 4.43. The van der Waals surface area contributed by atoms with Gasteiger partial charge >= 0.3 is 0 Å². The van der Waals surface area contributed by atoms with Crippen molar-refractivity contribution in [2.75, 3.05) is 0 Å². The molecule has 0 aliphatic heterocycles. The van der Waals surface area contributed by atoms with E-state index in [1.165, 1.54) is 5.56 Å². The molecular weight excluding hydrogens is 172 g/mol. The van der Waals surface area contributed by atoms with Crippen LogP contribution in [0.25, 0.3) is 0 Å². The summed E-state index contributed by atoms with van der Waals surface area (Å²) in [6.07, 6.45) is 6.96. The van der Waals surface area contributed by atoms with E-state index in [0.717, 1.165) is 19.3 Å². The zero-order valence-electron chi connectivity index (χ0n) is 8.26. The van der Waals surface area contributed by atoms with Crippen LogP contribution in [0.15, 0.2) is 42.5 Å². The molecule has 2 unspecified atom stereocenters. The van der Waals surface area contributed by atoms with Crippen LogP contribution in [-0.2, 0) is 6.42 Å². The third kappa shape index (κ3) is 2.24. The summed E-state index contributed by atoms with van der Waals surface area (Å²) < 4.78 is 0. The molecule has 1 nitrogen and oxygen atoms in total. The lowest BCUT2D eigenvalue weighted by molar-refractivity contribution is 0.140. The van der Waals surface area contributed by atoms with Gasteiger partial charge in [0.2, 0.25) is 0 Å². The molecule has 0 fully saturated rings. The Hall–Kier alpha value is -1.08. The first-order chi connectivity index (χ1) is 6.86. The van der Waals surface area contributed by atoms with Crippen molar-refractivity contribution in [3.8, 4) is 0 Å². The number of rotatable bonds is 2. The van der Waals surface area contributed by atoms with Crippen LogP contribution in [0.2, 0.25) is 0 Å². The smallest absolute Gasteiger partial charge is 0.0752 e. The molecule has 1 aromatic rings. The minimum absolute atomic E-state index is 0.246. The van der Waals surface area contributed by atoms with Crippen LogP contribution in [0.4, 0.5) is 0 Å². The zero-order chi connectivity index (χ0) is 9.80. The molecule has 0 saturated carbocycles. The first-order valence-electron chi connectivity index (χ1n) is 5.25. The quantitative estimate of drug-likeness (QED) is 0.707. The van der Waals surface area contributed by atoms with Crippen LogP contribution in [0.5, 0.6) is 0 Å². The summed E-state index contributed by atoms with van der Waals surface area (Å²) in [4.78, 5) is 0. The lowest BCUT2D eigenvalue weighted by Crippen LogP contribution is -2.22. The van der Waals surface area contributed by atoms with E-state index in [0.29, 0.717) is 5.92 Å². The summed E-state index contributed by atoms with van der Waals surface area (Å²) in [6.45, 7) is 0. The van der Waals surface area contributed by atoms with Gasteiger partial charge in [-0.15, -0.1) is 0 Å². The summed E-state index contributed by atoms with van der Waals surface area (Å²) in [5.74, 6) is 0.405. The molecule has 0 bridgehead atoms. The summed E-state index contributed by atoms with van der Waals surface area (Å²) in [7, 11) is 0. The fraction of sp³-hybridized carbons (Fsp3) is 0.385. The second-order valence-corrected chi connectivity index (χ2v) is 3.95. The Kier molecular flexibility index (Phi) is 3.00. The predicted octanol–water partition coefficient (Wildman–Crippen LogP) is 2.56. The molecule has 74 valence electrons. The van der Waals surface area contributed by atoms with Crippen LogP contribution in [-0.4, -0.2) is 11.2 Å². The van der Waals surface area contributed by atoms with E-state index in [4.69, 9.17) is 0 Å². The third-order valence-corrected chi connectivity index (χ3v) is 2.86. The molecule has 1 N–H and O–H groups in total. The molecule has 1 aromatic carbocycles. The van der Waals surface area contributed by atoms with Gasteiger partial charge in [0, 0.05) is 0 Å². The van der Waals surface area contributed by atoms with E-state index < -0.39 is 0 Å². The van der Waals surface area contributed by atoms with Gasteiger partial charge in [0.15, 0.2) is 0 Å². The molecule has 14 heavy (non-hydrogen) atoms. The molecule has 0 saturated heterocycles. The van der Waals surface area contributed by atoms with Gasteiger partial charge in [0.25, 0.3) is 0 Å². The summed E-state index contributed by atoms with van der Waals surface area (Å²) in [5.41, 5.74) is 1.33. The largest absolute Gasteiger partial charge is 0.389 e. The Morgan fingerprint density at radius 3 is 2.71 bits per heavy atom. The maximum atomic E-state index is 9.74. The van der Waals surface area contributed by atoms with E-state index in [-0.39, 0.29) is 6.10 Å². The molecule has 0 spiro atoms. The SMILES string of the molecule is OC1C=CCCC1Cc1ccccc1. The third-order valence-electron chi connectivity index (χ3n) is 2.86. The Morgan fingerprint density at radius 1 is 1.21 bits per heavy atom. The molecule has 0 amide bonds. The number of aliphatic hydroxyl groups is 1. The average molecular weight is 188 g/mol. The minimum Gasteiger partial charge on any atom is -0.389 e. The predicted molar refractivity (Wildman–Crippen MR) is 58.0 cm³/mol. The summed E-state index contributed by atoms with van der Waals surface area (Å²) >= 11 is 0. The fourth-order valence-corrected chi connectivity index (χ4v) is 2.01. The van der Waals surface area contributed by atoms with Crippen molar-refractivity contribution in [1.29, 1.82) is 0 Å². The maximum Gasteiger partial charge on any atom is 0.0752 e. The molecule has 2 atom stereocenters. The van der Waals surface area contributed by atoms with Crippen molar-refractivity contribution in [1.82, 2.24) is 0 Å². The Morgan fingerprint density at radius 2 is 2.00 bits per heavy atom. The Bertz CT molecular complexity index is 302. The summed E-state index contributed by atoms with van der Waals surface area (Å²) in [5, 5.41) is 9.74. The molecule has 1 aliphatic rings. The number of hydrogen-bond acceptors (Lipinski definition) is 1. The van der Waals surface area contributed by atoms with Crippen molar-refractivity contribution in [2.24, 2.45) is 5.92 Å². The molecule has 0 radical (unpaired) electrons. The highest BCUT2D eigenvalue weighted by atomic mass is 16.3. The highest BCUT2D eigenvalue weighted by molar-refractivity contribution is 5.16. The van der Waals surface area contributed by atoms with Crippen molar-refractivity contribution >= 4 is 0 Å². The first kappa shape index (κ1) is 9.47. The summed E-state index contributed by atoms with van der Waals surface area (Å²) in [6, 6.07) is 10.4.